The lowest BCUT2D eigenvalue weighted by Crippen LogP contribution is -2.20. The molecule has 0 atom stereocenters. The highest BCUT2D eigenvalue weighted by atomic mass is 16.6. The topological polar surface area (TPSA) is 122 Å². The highest BCUT2D eigenvalue weighted by Gasteiger charge is 2.20. The Morgan fingerprint density at radius 3 is 2.69 bits per heavy atom. The molecule has 0 aliphatic heterocycles. The van der Waals surface area contributed by atoms with Crippen molar-refractivity contribution in [1.29, 1.82) is 0 Å². The van der Waals surface area contributed by atoms with Gasteiger partial charge in [-0.1, -0.05) is 24.3 Å². The number of nitro benzene ring substituents is 1. The maximum absolute atomic E-state index is 13.5. The predicted octanol–water partition coefficient (Wildman–Crippen LogP) is 5.01. The molecule has 2 heterocycles. The molecule has 10 nitrogen and oxygen atoms in total. The zero-order valence-electron chi connectivity index (χ0n) is 19.4. The van der Waals surface area contributed by atoms with Crippen LogP contribution in [0.5, 0.6) is 11.5 Å². The number of fused-ring (bicyclic) bond motifs is 2. The summed E-state index contributed by atoms with van der Waals surface area (Å²) < 4.78 is 18.1. The smallest absolute Gasteiger partial charge is 0.311 e. The summed E-state index contributed by atoms with van der Waals surface area (Å²) in [6, 6.07) is 18.5. The molecule has 0 bridgehead atoms. The second-order valence-corrected chi connectivity index (χ2v) is 7.68. The minimum atomic E-state index is -0.528. The van der Waals surface area contributed by atoms with Gasteiger partial charge in [0.25, 0.3) is 5.56 Å². The molecular weight excluding hydrogens is 464 g/mol. The summed E-state index contributed by atoms with van der Waals surface area (Å²) in [5.74, 6) is 1.14. The van der Waals surface area contributed by atoms with Crippen LogP contribution in [-0.4, -0.2) is 34.5 Å². The van der Waals surface area contributed by atoms with E-state index in [1.807, 2.05) is 0 Å². The van der Waals surface area contributed by atoms with E-state index in [4.69, 9.17) is 13.9 Å². The lowest BCUT2D eigenvalue weighted by molar-refractivity contribution is -0.385. The van der Waals surface area contributed by atoms with E-state index in [0.29, 0.717) is 38.9 Å². The zero-order valence-corrected chi connectivity index (χ0v) is 19.4. The summed E-state index contributed by atoms with van der Waals surface area (Å²) in [4.78, 5) is 29.1. The van der Waals surface area contributed by atoms with Crippen LogP contribution in [-0.2, 0) is 0 Å². The molecule has 10 heteroatoms. The number of ether oxygens (including phenoxy) is 2. The molecule has 36 heavy (non-hydrogen) atoms. The summed E-state index contributed by atoms with van der Waals surface area (Å²) >= 11 is 0. The highest BCUT2D eigenvalue weighted by Crippen LogP contribution is 2.33. The first kappa shape index (κ1) is 22.8. The number of furan rings is 1. The molecule has 0 aliphatic carbocycles. The minimum Gasteiger partial charge on any atom is -0.496 e. The van der Waals surface area contributed by atoms with E-state index in [0.717, 1.165) is 4.68 Å². The van der Waals surface area contributed by atoms with Crippen molar-refractivity contribution >= 4 is 33.8 Å². The van der Waals surface area contributed by atoms with Crippen molar-refractivity contribution in [3.63, 3.8) is 0 Å². The average molecular weight is 484 g/mol. The summed E-state index contributed by atoms with van der Waals surface area (Å²) in [7, 11) is 1.56. The van der Waals surface area contributed by atoms with Crippen LogP contribution in [0.2, 0.25) is 0 Å². The van der Waals surface area contributed by atoms with Crippen molar-refractivity contribution in [2.24, 2.45) is 5.10 Å². The molecule has 5 rings (SSSR count). The average Bonchev–Trinajstić information content (AvgIpc) is 3.33. The van der Waals surface area contributed by atoms with E-state index < -0.39 is 10.5 Å². The molecule has 0 fully saturated rings. The molecule has 0 unspecified atom stereocenters. The normalized spacial score (nSPS) is 11.4. The van der Waals surface area contributed by atoms with Gasteiger partial charge in [-0.25, -0.2) is 4.98 Å². The highest BCUT2D eigenvalue weighted by molar-refractivity contribution is 5.89. The Morgan fingerprint density at radius 2 is 1.92 bits per heavy atom. The molecule has 0 saturated carbocycles. The monoisotopic (exact) mass is 484 g/mol. The van der Waals surface area contributed by atoms with E-state index in [-0.39, 0.29) is 23.9 Å². The van der Waals surface area contributed by atoms with Crippen molar-refractivity contribution in [2.45, 2.75) is 6.92 Å². The Morgan fingerprint density at radius 1 is 1.11 bits per heavy atom. The standard InChI is InChI=1S/C26H20N4O6/c1-3-35-24-16(8-6-11-20(24)30(32)33)15-27-29-25(28-19-10-5-4-9-17(19)26(29)31)23-14-18-21(34-2)12-7-13-22(18)36-23/h4-15H,3H2,1-2H3. The van der Waals surface area contributed by atoms with Crippen LogP contribution in [0.1, 0.15) is 12.5 Å². The number of methoxy groups -OCH3 is 1. The molecule has 5 aromatic rings. The van der Waals surface area contributed by atoms with E-state index in [1.54, 1.807) is 68.6 Å². The summed E-state index contributed by atoms with van der Waals surface area (Å²) in [5.41, 5.74) is 0.738. The largest absolute Gasteiger partial charge is 0.496 e. The van der Waals surface area contributed by atoms with Crippen LogP contribution in [0.15, 0.2) is 81.0 Å². The number of nitrogens with zero attached hydrogens (tertiary/aromatic N) is 4. The van der Waals surface area contributed by atoms with Crippen LogP contribution in [0, 0.1) is 10.1 Å². The Bertz CT molecular complexity index is 1700. The number of para-hydroxylation sites is 2. The molecule has 0 aliphatic rings. The van der Waals surface area contributed by atoms with Gasteiger partial charge in [0.15, 0.2) is 5.76 Å². The van der Waals surface area contributed by atoms with Gasteiger partial charge < -0.3 is 13.9 Å². The summed E-state index contributed by atoms with van der Waals surface area (Å²) in [6.45, 7) is 1.94. The predicted molar refractivity (Wildman–Crippen MR) is 135 cm³/mol. The van der Waals surface area contributed by atoms with Gasteiger partial charge in [0, 0.05) is 11.6 Å². The van der Waals surface area contributed by atoms with Gasteiger partial charge >= 0.3 is 5.69 Å². The lowest BCUT2D eigenvalue weighted by atomic mass is 10.2. The third-order valence-electron chi connectivity index (χ3n) is 5.54. The third kappa shape index (κ3) is 3.94. The first-order valence-corrected chi connectivity index (χ1v) is 11.0. The maximum atomic E-state index is 13.5. The second kappa shape index (κ2) is 9.34. The molecule has 0 N–H and O–H groups in total. The van der Waals surface area contributed by atoms with Crippen molar-refractivity contribution < 1.29 is 18.8 Å². The molecular formula is C26H20N4O6. The number of aromatic nitrogens is 2. The molecule has 0 amide bonds. The van der Waals surface area contributed by atoms with Crippen LogP contribution < -0.4 is 15.0 Å². The summed E-state index contributed by atoms with van der Waals surface area (Å²) in [5, 5.41) is 16.9. The molecule has 0 radical (unpaired) electrons. The van der Waals surface area contributed by atoms with Gasteiger partial charge in [-0.15, -0.1) is 0 Å². The fourth-order valence-corrected chi connectivity index (χ4v) is 3.92. The van der Waals surface area contributed by atoms with Gasteiger partial charge in [0.1, 0.15) is 11.3 Å². The number of nitro groups is 1. The quantitative estimate of drug-likeness (QED) is 0.181. The number of hydrogen-bond donors (Lipinski definition) is 0. The number of benzene rings is 3. The lowest BCUT2D eigenvalue weighted by Gasteiger charge is -2.09. The Balaban J connectivity index is 1.73. The van der Waals surface area contributed by atoms with Crippen LogP contribution >= 0.6 is 0 Å². The van der Waals surface area contributed by atoms with E-state index in [2.05, 4.69) is 10.1 Å². The zero-order chi connectivity index (χ0) is 25.2. The van der Waals surface area contributed by atoms with Crippen molar-refractivity contribution in [1.82, 2.24) is 9.66 Å². The fraction of sp³-hybridized carbons (Fsp3) is 0.115. The fourth-order valence-electron chi connectivity index (χ4n) is 3.92. The summed E-state index contributed by atoms with van der Waals surface area (Å²) in [6.07, 6.45) is 1.34. The SMILES string of the molecule is CCOc1c(C=Nn2c(-c3cc4c(OC)cccc4o3)nc3ccccc3c2=O)cccc1[N+](=O)[O-]. The van der Waals surface area contributed by atoms with Crippen LogP contribution in [0.4, 0.5) is 5.69 Å². The first-order valence-electron chi connectivity index (χ1n) is 11.0. The number of hydrogen-bond acceptors (Lipinski definition) is 8. The van der Waals surface area contributed by atoms with Crippen molar-refractivity contribution in [3.05, 3.63) is 92.8 Å². The second-order valence-electron chi connectivity index (χ2n) is 7.68. The Hall–Kier alpha value is -4.99. The molecule has 0 saturated heterocycles. The number of rotatable bonds is 7. The Labute approximate surface area is 204 Å². The van der Waals surface area contributed by atoms with Gasteiger partial charge in [0.05, 0.1) is 41.1 Å². The molecule has 2 aromatic heterocycles. The molecule has 3 aromatic carbocycles. The first-order chi connectivity index (χ1) is 17.5. The van der Waals surface area contributed by atoms with E-state index >= 15 is 0 Å². The third-order valence-corrected chi connectivity index (χ3v) is 5.54. The van der Waals surface area contributed by atoms with Crippen molar-refractivity contribution in [2.75, 3.05) is 13.7 Å². The van der Waals surface area contributed by atoms with Crippen LogP contribution in [0.3, 0.4) is 0 Å². The van der Waals surface area contributed by atoms with Gasteiger partial charge in [-0.3, -0.25) is 14.9 Å². The van der Waals surface area contributed by atoms with Gasteiger partial charge in [-0.2, -0.15) is 9.78 Å². The maximum Gasteiger partial charge on any atom is 0.311 e. The minimum absolute atomic E-state index is 0.0607. The Kier molecular flexibility index (Phi) is 5.91. The van der Waals surface area contributed by atoms with Gasteiger partial charge in [0.2, 0.25) is 11.6 Å². The van der Waals surface area contributed by atoms with E-state index in [9.17, 15) is 14.9 Å². The van der Waals surface area contributed by atoms with Crippen LogP contribution in [0.25, 0.3) is 33.5 Å². The van der Waals surface area contributed by atoms with Crippen molar-refractivity contribution in [3.8, 4) is 23.1 Å². The van der Waals surface area contributed by atoms with Gasteiger partial charge in [-0.05, 0) is 43.3 Å². The van der Waals surface area contributed by atoms with E-state index in [1.165, 1.54) is 18.3 Å². The molecule has 0 spiro atoms. The molecule has 180 valence electrons.